The van der Waals surface area contributed by atoms with Gasteiger partial charge in [-0.25, -0.2) is 4.79 Å². The van der Waals surface area contributed by atoms with E-state index in [9.17, 15) is 15.2 Å². The Labute approximate surface area is 158 Å². The number of halogens is 3. The SMILES string of the molecule is N#CC1C(C(=O)O)=NN(c2ccc(Cl)cc2Cl)C1c1ccc(Cl)cc1. The fraction of sp³-hybridized carbons (Fsp3) is 0.118. The summed E-state index contributed by atoms with van der Waals surface area (Å²) in [6.45, 7) is 0. The summed E-state index contributed by atoms with van der Waals surface area (Å²) in [4.78, 5) is 11.5. The number of nitrogens with zero attached hydrogens (tertiary/aromatic N) is 3. The number of hydrazone groups is 1. The number of carboxylic acid groups (broad SMARTS) is 1. The van der Waals surface area contributed by atoms with Gasteiger partial charge in [0.1, 0.15) is 5.92 Å². The number of benzene rings is 2. The van der Waals surface area contributed by atoms with Crippen LogP contribution in [0.3, 0.4) is 0 Å². The highest BCUT2D eigenvalue weighted by Crippen LogP contribution is 2.42. The minimum Gasteiger partial charge on any atom is -0.477 e. The quantitative estimate of drug-likeness (QED) is 0.812. The smallest absolute Gasteiger partial charge is 0.353 e. The maximum Gasteiger partial charge on any atom is 0.353 e. The number of anilines is 1. The Balaban J connectivity index is 2.16. The maximum atomic E-state index is 11.5. The van der Waals surface area contributed by atoms with E-state index in [2.05, 4.69) is 5.10 Å². The van der Waals surface area contributed by atoms with Crippen LogP contribution < -0.4 is 5.01 Å². The molecule has 0 bridgehead atoms. The van der Waals surface area contributed by atoms with Gasteiger partial charge in [-0.3, -0.25) is 5.01 Å². The van der Waals surface area contributed by atoms with Crippen LogP contribution in [0.5, 0.6) is 0 Å². The summed E-state index contributed by atoms with van der Waals surface area (Å²) in [6.07, 6.45) is 0. The van der Waals surface area contributed by atoms with Crippen molar-refractivity contribution in [1.82, 2.24) is 0 Å². The van der Waals surface area contributed by atoms with Gasteiger partial charge >= 0.3 is 5.97 Å². The van der Waals surface area contributed by atoms with E-state index in [1.54, 1.807) is 36.4 Å². The molecule has 3 rings (SSSR count). The summed E-state index contributed by atoms with van der Waals surface area (Å²) in [7, 11) is 0. The van der Waals surface area contributed by atoms with E-state index in [0.29, 0.717) is 26.3 Å². The second-order valence-corrected chi connectivity index (χ2v) is 6.61. The third-order valence-corrected chi connectivity index (χ3v) is 4.61. The lowest BCUT2D eigenvalue weighted by atomic mass is 9.91. The first-order chi connectivity index (χ1) is 11.9. The predicted molar refractivity (Wildman–Crippen MR) is 97.3 cm³/mol. The highest BCUT2D eigenvalue weighted by Gasteiger charge is 2.43. The number of nitriles is 1. The average Bonchev–Trinajstić information content (AvgIpc) is 2.95. The highest BCUT2D eigenvalue weighted by molar-refractivity contribution is 6.39. The van der Waals surface area contributed by atoms with Crippen molar-refractivity contribution in [1.29, 1.82) is 5.26 Å². The normalized spacial score (nSPS) is 19.4. The van der Waals surface area contributed by atoms with Crippen molar-refractivity contribution < 1.29 is 9.90 Å². The lowest BCUT2D eigenvalue weighted by Gasteiger charge is -2.26. The molecule has 1 aliphatic rings. The molecule has 2 atom stereocenters. The molecular formula is C17H10Cl3N3O2. The molecule has 0 fully saturated rings. The van der Waals surface area contributed by atoms with E-state index in [1.165, 1.54) is 11.1 Å². The Morgan fingerprint density at radius 1 is 1.12 bits per heavy atom. The summed E-state index contributed by atoms with van der Waals surface area (Å²) >= 11 is 18.1. The fourth-order valence-electron chi connectivity index (χ4n) is 2.70. The van der Waals surface area contributed by atoms with Crippen LogP contribution in [0.15, 0.2) is 47.6 Å². The van der Waals surface area contributed by atoms with Gasteiger partial charge in [0.2, 0.25) is 0 Å². The molecule has 2 aromatic rings. The summed E-state index contributed by atoms with van der Waals surface area (Å²) < 4.78 is 0. The number of aliphatic carboxylic acids is 1. The molecule has 0 saturated carbocycles. The molecule has 126 valence electrons. The summed E-state index contributed by atoms with van der Waals surface area (Å²) in [5, 5.41) is 25.8. The minimum atomic E-state index is -1.25. The first-order valence-corrected chi connectivity index (χ1v) is 8.27. The van der Waals surface area contributed by atoms with E-state index < -0.39 is 17.9 Å². The molecule has 25 heavy (non-hydrogen) atoms. The Kier molecular flexibility index (Phi) is 4.87. The zero-order valence-electron chi connectivity index (χ0n) is 12.5. The van der Waals surface area contributed by atoms with E-state index in [0.717, 1.165) is 0 Å². The third kappa shape index (κ3) is 3.29. The minimum absolute atomic E-state index is 0.242. The van der Waals surface area contributed by atoms with Gasteiger partial charge in [0, 0.05) is 10.0 Å². The van der Waals surface area contributed by atoms with Gasteiger partial charge in [-0.15, -0.1) is 0 Å². The van der Waals surface area contributed by atoms with Crippen molar-refractivity contribution in [3.63, 3.8) is 0 Å². The van der Waals surface area contributed by atoms with E-state index >= 15 is 0 Å². The molecular weight excluding hydrogens is 385 g/mol. The molecule has 2 unspecified atom stereocenters. The van der Waals surface area contributed by atoms with Crippen LogP contribution in [-0.4, -0.2) is 16.8 Å². The van der Waals surface area contributed by atoms with Gasteiger partial charge in [0.25, 0.3) is 0 Å². The van der Waals surface area contributed by atoms with Crippen LogP contribution in [0.25, 0.3) is 0 Å². The fourth-order valence-corrected chi connectivity index (χ4v) is 3.32. The van der Waals surface area contributed by atoms with Gasteiger partial charge in [-0.05, 0) is 35.9 Å². The van der Waals surface area contributed by atoms with Crippen molar-refractivity contribution in [2.45, 2.75) is 6.04 Å². The van der Waals surface area contributed by atoms with Crippen LogP contribution in [-0.2, 0) is 4.79 Å². The topological polar surface area (TPSA) is 76.7 Å². The second-order valence-electron chi connectivity index (χ2n) is 5.33. The number of hydrogen-bond acceptors (Lipinski definition) is 4. The molecule has 0 radical (unpaired) electrons. The van der Waals surface area contributed by atoms with Gasteiger partial charge in [-0.2, -0.15) is 10.4 Å². The van der Waals surface area contributed by atoms with Gasteiger partial charge < -0.3 is 5.11 Å². The zero-order valence-corrected chi connectivity index (χ0v) is 14.8. The van der Waals surface area contributed by atoms with Crippen LogP contribution >= 0.6 is 34.8 Å². The summed E-state index contributed by atoms with van der Waals surface area (Å²) in [6, 6.07) is 13.0. The maximum absolute atomic E-state index is 11.5. The van der Waals surface area contributed by atoms with Crippen LogP contribution in [0.1, 0.15) is 11.6 Å². The Bertz CT molecular complexity index is 906. The van der Waals surface area contributed by atoms with E-state index in [-0.39, 0.29) is 5.71 Å². The zero-order chi connectivity index (χ0) is 18.1. The standard InChI is InChI=1S/C17H10Cl3N3O2/c18-10-3-1-9(2-4-10)16-12(8-21)15(17(24)25)22-23(16)14-6-5-11(19)7-13(14)20/h1-7,12,16H,(H,24,25). The van der Waals surface area contributed by atoms with Crippen LogP contribution in [0.4, 0.5) is 5.69 Å². The molecule has 0 spiro atoms. The molecule has 1 N–H and O–H groups in total. The van der Waals surface area contributed by atoms with Crippen molar-refractivity contribution >= 4 is 52.2 Å². The number of rotatable bonds is 3. The van der Waals surface area contributed by atoms with Crippen molar-refractivity contribution in [2.75, 3.05) is 5.01 Å². The van der Waals surface area contributed by atoms with Crippen molar-refractivity contribution in [3.05, 3.63) is 63.1 Å². The highest BCUT2D eigenvalue weighted by atomic mass is 35.5. The Hall–Kier alpha value is -2.26. The number of hydrogen-bond donors (Lipinski definition) is 1. The largest absolute Gasteiger partial charge is 0.477 e. The molecule has 5 nitrogen and oxygen atoms in total. The number of carbonyl (C=O) groups is 1. The Morgan fingerprint density at radius 3 is 2.32 bits per heavy atom. The molecule has 1 aliphatic heterocycles. The third-order valence-electron chi connectivity index (χ3n) is 3.82. The summed E-state index contributed by atoms with van der Waals surface area (Å²) in [5.41, 5.74) is 0.915. The number of carboxylic acids is 1. The van der Waals surface area contributed by atoms with Crippen LogP contribution in [0, 0.1) is 17.2 Å². The Morgan fingerprint density at radius 2 is 1.76 bits per heavy atom. The molecule has 8 heteroatoms. The lowest BCUT2D eigenvalue weighted by Crippen LogP contribution is -2.27. The first-order valence-electron chi connectivity index (χ1n) is 7.13. The molecule has 0 aliphatic carbocycles. The predicted octanol–water partition coefficient (Wildman–Crippen LogP) is 4.79. The van der Waals surface area contributed by atoms with Crippen LogP contribution in [0.2, 0.25) is 15.1 Å². The monoisotopic (exact) mass is 393 g/mol. The van der Waals surface area contributed by atoms with Gasteiger partial charge in [0.15, 0.2) is 5.71 Å². The first kappa shape index (κ1) is 17.6. The summed E-state index contributed by atoms with van der Waals surface area (Å²) in [5.74, 6) is -2.22. The molecule has 0 amide bonds. The lowest BCUT2D eigenvalue weighted by molar-refractivity contribution is -0.129. The van der Waals surface area contributed by atoms with E-state index in [1.807, 2.05) is 6.07 Å². The second kappa shape index (κ2) is 6.93. The molecule has 0 saturated heterocycles. The molecule has 2 aromatic carbocycles. The van der Waals surface area contributed by atoms with Gasteiger partial charge in [0.05, 0.1) is 22.8 Å². The molecule has 1 heterocycles. The van der Waals surface area contributed by atoms with Gasteiger partial charge in [-0.1, -0.05) is 46.9 Å². The molecule has 0 aromatic heterocycles. The van der Waals surface area contributed by atoms with Crippen molar-refractivity contribution in [2.24, 2.45) is 11.0 Å². The van der Waals surface area contributed by atoms with E-state index in [4.69, 9.17) is 34.8 Å². The average molecular weight is 395 g/mol. The van der Waals surface area contributed by atoms with Crippen molar-refractivity contribution in [3.8, 4) is 6.07 Å².